The molecular formula is C14H28ClN3O. The highest BCUT2D eigenvalue weighted by Gasteiger charge is 2.27. The number of likely N-dealkylation sites (N-methyl/N-ethyl adjacent to an activating group) is 1. The van der Waals surface area contributed by atoms with Crippen LogP contribution in [0.2, 0.25) is 0 Å². The number of carbonyl (C=O) groups excluding carboxylic acids is 1. The van der Waals surface area contributed by atoms with E-state index in [4.69, 9.17) is 5.73 Å². The molecule has 5 heteroatoms. The van der Waals surface area contributed by atoms with Crippen molar-refractivity contribution in [1.29, 1.82) is 0 Å². The minimum atomic E-state index is 0. The van der Waals surface area contributed by atoms with E-state index in [0.717, 1.165) is 25.4 Å². The summed E-state index contributed by atoms with van der Waals surface area (Å²) in [5.41, 5.74) is 5.87. The standard InChI is InChI=1S/C14H27N3O.ClH/c1-11-3-5-13(6-4-11)16(2)14(18)10-17-8-7-12(15)9-17;/h11-13H,3-10,15H2,1-2H3;1H/t11?,12-,13?;/m1./s1. The van der Waals surface area contributed by atoms with E-state index in [9.17, 15) is 4.79 Å². The second-order valence-electron chi connectivity index (χ2n) is 6.20. The molecule has 1 saturated heterocycles. The number of likely N-dealkylation sites (tertiary alicyclic amines) is 1. The van der Waals surface area contributed by atoms with E-state index in [-0.39, 0.29) is 24.4 Å². The Balaban J connectivity index is 0.00000180. The van der Waals surface area contributed by atoms with Gasteiger partial charge in [-0.1, -0.05) is 6.92 Å². The maximum Gasteiger partial charge on any atom is 0.236 e. The summed E-state index contributed by atoms with van der Waals surface area (Å²) in [4.78, 5) is 16.4. The minimum absolute atomic E-state index is 0. The molecule has 0 spiro atoms. The van der Waals surface area contributed by atoms with Gasteiger partial charge >= 0.3 is 0 Å². The molecule has 0 aromatic carbocycles. The van der Waals surface area contributed by atoms with E-state index in [0.29, 0.717) is 12.6 Å². The van der Waals surface area contributed by atoms with Crippen molar-refractivity contribution in [3.8, 4) is 0 Å². The first-order valence-corrected chi connectivity index (χ1v) is 7.30. The predicted octanol–water partition coefficient (Wildman–Crippen LogP) is 1.48. The zero-order chi connectivity index (χ0) is 13.1. The topological polar surface area (TPSA) is 49.6 Å². The molecule has 0 radical (unpaired) electrons. The van der Waals surface area contributed by atoms with Crippen LogP contribution in [-0.2, 0) is 4.79 Å². The third-order valence-electron chi connectivity index (χ3n) is 4.59. The molecule has 2 fully saturated rings. The predicted molar refractivity (Wildman–Crippen MR) is 80.5 cm³/mol. The Bertz CT molecular complexity index is 292. The first-order valence-electron chi connectivity index (χ1n) is 7.30. The summed E-state index contributed by atoms with van der Waals surface area (Å²) in [6.45, 7) is 4.71. The van der Waals surface area contributed by atoms with Gasteiger partial charge in [0.2, 0.25) is 5.91 Å². The monoisotopic (exact) mass is 289 g/mol. The van der Waals surface area contributed by atoms with Crippen LogP contribution in [0.4, 0.5) is 0 Å². The fourth-order valence-electron chi connectivity index (χ4n) is 3.14. The Hall–Kier alpha value is -0.320. The number of amides is 1. The molecule has 2 rings (SSSR count). The molecule has 1 saturated carbocycles. The van der Waals surface area contributed by atoms with Gasteiger partial charge in [-0.3, -0.25) is 9.69 Å². The molecular weight excluding hydrogens is 262 g/mol. The molecule has 0 aromatic rings. The van der Waals surface area contributed by atoms with Crippen molar-refractivity contribution in [2.45, 2.75) is 51.1 Å². The summed E-state index contributed by atoms with van der Waals surface area (Å²) >= 11 is 0. The number of nitrogens with two attached hydrogens (primary N) is 1. The summed E-state index contributed by atoms with van der Waals surface area (Å²) in [6, 6.07) is 0.726. The third kappa shape index (κ3) is 4.62. The number of halogens is 1. The lowest BCUT2D eigenvalue weighted by molar-refractivity contribution is -0.133. The Labute approximate surface area is 123 Å². The van der Waals surface area contributed by atoms with Gasteiger partial charge in [0.25, 0.3) is 0 Å². The molecule has 1 atom stereocenters. The van der Waals surface area contributed by atoms with Crippen LogP contribution in [-0.4, -0.2) is 54.5 Å². The average molecular weight is 290 g/mol. The van der Waals surface area contributed by atoms with Crippen LogP contribution in [0.3, 0.4) is 0 Å². The molecule has 1 heterocycles. The van der Waals surface area contributed by atoms with Crippen LogP contribution >= 0.6 is 12.4 Å². The van der Waals surface area contributed by atoms with Gasteiger partial charge in [0.15, 0.2) is 0 Å². The van der Waals surface area contributed by atoms with Gasteiger partial charge in [0.1, 0.15) is 0 Å². The number of hydrogen-bond donors (Lipinski definition) is 1. The second-order valence-corrected chi connectivity index (χ2v) is 6.20. The Kier molecular flexibility index (Phi) is 6.57. The first kappa shape index (κ1) is 16.7. The van der Waals surface area contributed by atoms with Gasteiger partial charge in [-0.15, -0.1) is 12.4 Å². The van der Waals surface area contributed by atoms with E-state index in [2.05, 4.69) is 11.8 Å². The lowest BCUT2D eigenvalue weighted by atomic mass is 9.87. The Morgan fingerprint density at radius 2 is 1.89 bits per heavy atom. The van der Waals surface area contributed by atoms with E-state index in [1.165, 1.54) is 25.7 Å². The van der Waals surface area contributed by atoms with Crippen molar-refractivity contribution in [1.82, 2.24) is 9.80 Å². The molecule has 0 bridgehead atoms. The number of carbonyl (C=O) groups is 1. The number of hydrogen-bond acceptors (Lipinski definition) is 3. The zero-order valence-corrected chi connectivity index (χ0v) is 13.0. The van der Waals surface area contributed by atoms with Gasteiger partial charge in [0.05, 0.1) is 6.54 Å². The smallest absolute Gasteiger partial charge is 0.236 e. The van der Waals surface area contributed by atoms with Gasteiger partial charge < -0.3 is 10.6 Å². The highest BCUT2D eigenvalue weighted by Crippen LogP contribution is 2.26. The Morgan fingerprint density at radius 3 is 2.42 bits per heavy atom. The Morgan fingerprint density at radius 1 is 1.26 bits per heavy atom. The molecule has 1 aliphatic heterocycles. The highest BCUT2D eigenvalue weighted by atomic mass is 35.5. The summed E-state index contributed by atoms with van der Waals surface area (Å²) in [5.74, 6) is 1.10. The largest absolute Gasteiger partial charge is 0.342 e. The summed E-state index contributed by atoms with van der Waals surface area (Å²) < 4.78 is 0. The van der Waals surface area contributed by atoms with Crippen LogP contribution in [0.15, 0.2) is 0 Å². The lowest BCUT2D eigenvalue weighted by Crippen LogP contribution is -2.44. The highest BCUT2D eigenvalue weighted by molar-refractivity contribution is 5.85. The molecule has 19 heavy (non-hydrogen) atoms. The fraction of sp³-hybridized carbons (Fsp3) is 0.929. The average Bonchev–Trinajstić information content (AvgIpc) is 2.75. The van der Waals surface area contributed by atoms with E-state index < -0.39 is 0 Å². The van der Waals surface area contributed by atoms with Gasteiger partial charge in [-0.25, -0.2) is 0 Å². The van der Waals surface area contributed by atoms with Crippen molar-refractivity contribution in [3.05, 3.63) is 0 Å². The lowest BCUT2D eigenvalue weighted by Gasteiger charge is -2.34. The van der Waals surface area contributed by atoms with Crippen LogP contribution in [0.5, 0.6) is 0 Å². The first-order chi connectivity index (χ1) is 8.56. The quantitative estimate of drug-likeness (QED) is 0.856. The fourth-order valence-corrected chi connectivity index (χ4v) is 3.14. The van der Waals surface area contributed by atoms with Crippen molar-refractivity contribution >= 4 is 18.3 Å². The number of rotatable bonds is 3. The van der Waals surface area contributed by atoms with Crippen molar-refractivity contribution in [2.24, 2.45) is 11.7 Å². The number of nitrogens with zero attached hydrogens (tertiary/aromatic N) is 2. The van der Waals surface area contributed by atoms with Crippen molar-refractivity contribution in [3.63, 3.8) is 0 Å². The normalized spacial score (nSPS) is 31.8. The maximum absolute atomic E-state index is 12.2. The van der Waals surface area contributed by atoms with Crippen LogP contribution in [0.25, 0.3) is 0 Å². The second kappa shape index (κ2) is 7.46. The van der Waals surface area contributed by atoms with Gasteiger partial charge in [-0.05, 0) is 38.0 Å². The zero-order valence-electron chi connectivity index (χ0n) is 12.2. The molecule has 1 aliphatic carbocycles. The van der Waals surface area contributed by atoms with Crippen LogP contribution < -0.4 is 5.73 Å². The van der Waals surface area contributed by atoms with Gasteiger partial charge in [-0.2, -0.15) is 0 Å². The van der Waals surface area contributed by atoms with E-state index in [1.807, 2.05) is 11.9 Å². The molecule has 0 unspecified atom stereocenters. The van der Waals surface area contributed by atoms with E-state index >= 15 is 0 Å². The molecule has 4 nitrogen and oxygen atoms in total. The maximum atomic E-state index is 12.2. The SMILES string of the molecule is CC1CCC(N(C)C(=O)CN2CC[C@@H](N)C2)CC1.Cl. The third-order valence-corrected chi connectivity index (χ3v) is 4.59. The van der Waals surface area contributed by atoms with E-state index in [1.54, 1.807) is 0 Å². The van der Waals surface area contributed by atoms with Crippen molar-refractivity contribution < 1.29 is 4.79 Å². The molecule has 0 aromatic heterocycles. The van der Waals surface area contributed by atoms with Crippen molar-refractivity contribution in [2.75, 3.05) is 26.7 Å². The minimum Gasteiger partial charge on any atom is -0.342 e. The van der Waals surface area contributed by atoms with Crippen LogP contribution in [0.1, 0.15) is 39.0 Å². The summed E-state index contributed by atoms with van der Waals surface area (Å²) in [5, 5.41) is 0. The molecule has 2 N–H and O–H groups in total. The summed E-state index contributed by atoms with van der Waals surface area (Å²) in [6.07, 6.45) is 5.89. The van der Waals surface area contributed by atoms with Crippen LogP contribution in [0, 0.1) is 5.92 Å². The van der Waals surface area contributed by atoms with Gasteiger partial charge in [0, 0.05) is 32.2 Å². The molecule has 112 valence electrons. The summed E-state index contributed by atoms with van der Waals surface area (Å²) in [7, 11) is 1.97. The molecule has 1 amide bonds. The molecule has 2 aliphatic rings.